The van der Waals surface area contributed by atoms with Gasteiger partial charge in [-0.05, 0) is 24.3 Å². The quantitative estimate of drug-likeness (QED) is 0.620. The fraction of sp³-hybridized carbons (Fsp3) is 0.250. The lowest BCUT2D eigenvalue weighted by Gasteiger charge is -2.26. The maximum Gasteiger partial charge on any atom is 0.269 e. The molecule has 0 saturated carbocycles. The van der Waals surface area contributed by atoms with E-state index in [1.165, 1.54) is 17.1 Å². The number of carbonyl (C=O) groups is 1. The number of nitriles is 1. The van der Waals surface area contributed by atoms with E-state index in [0.29, 0.717) is 47.0 Å². The summed E-state index contributed by atoms with van der Waals surface area (Å²) in [6.07, 6.45) is 4.62. The number of amides is 1. The summed E-state index contributed by atoms with van der Waals surface area (Å²) >= 11 is 1.09. The first-order chi connectivity index (χ1) is 14.2. The van der Waals surface area contributed by atoms with Gasteiger partial charge in [-0.1, -0.05) is 0 Å². The fourth-order valence-electron chi connectivity index (χ4n) is 3.02. The summed E-state index contributed by atoms with van der Waals surface area (Å²) in [5, 5.41) is 9.76. The predicted molar refractivity (Wildman–Crippen MR) is 104 cm³/mol. The minimum absolute atomic E-state index is 0.0698. The molecule has 1 aliphatic rings. The molecule has 148 valence electrons. The third-order valence-electron chi connectivity index (χ3n) is 4.46. The normalized spacial score (nSPS) is 16.0. The Labute approximate surface area is 169 Å². The average molecular weight is 411 g/mol. The number of aromatic nitrogens is 1. The zero-order valence-electron chi connectivity index (χ0n) is 15.4. The van der Waals surface area contributed by atoms with Crippen molar-refractivity contribution in [3.63, 3.8) is 0 Å². The van der Waals surface area contributed by atoms with Crippen LogP contribution in [0, 0.1) is 11.3 Å². The van der Waals surface area contributed by atoms with Gasteiger partial charge < -0.3 is 18.5 Å². The number of carbonyl (C=O) groups excluding carboxylic acids is 1. The van der Waals surface area contributed by atoms with Crippen LogP contribution in [0.15, 0.2) is 50.4 Å². The van der Waals surface area contributed by atoms with Crippen molar-refractivity contribution >= 4 is 28.9 Å². The monoisotopic (exact) mass is 411 g/mol. The van der Waals surface area contributed by atoms with E-state index in [4.69, 9.17) is 13.6 Å². The van der Waals surface area contributed by atoms with Crippen molar-refractivity contribution in [3.05, 3.63) is 67.9 Å². The number of morpholine rings is 1. The van der Waals surface area contributed by atoms with Gasteiger partial charge in [-0.15, -0.1) is 11.3 Å². The van der Waals surface area contributed by atoms with Gasteiger partial charge in [0, 0.05) is 19.2 Å². The molecule has 8 nitrogen and oxygen atoms in total. The summed E-state index contributed by atoms with van der Waals surface area (Å²) < 4.78 is 18.0. The van der Waals surface area contributed by atoms with Crippen LogP contribution >= 0.6 is 11.3 Å². The Morgan fingerprint density at radius 3 is 2.62 bits per heavy atom. The SMILES string of the molecule is N#C/C(C(=O)N1CCOCC1)=c1/s/c(=C\c2ccco2)c(=O)n1Cc1ccco1. The first-order valence-electron chi connectivity index (χ1n) is 8.96. The standard InChI is InChI=1S/C20H17N3O5S/c21-12-16(18(24)22-5-9-26-10-6-22)20-23(13-15-4-2-8-28-15)19(25)17(29-20)11-14-3-1-7-27-14/h1-4,7-8,11H,5-6,9-10,13H2/b17-11-,20-16-. The number of nitrogens with zero attached hydrogens (tertiary/aromatic N) is 3. The number of rotatable bonds is 4. The Morgan fingerprint density at radius 2 is 1.97 bits per heavy atom. The van der Waals surface area contributed by atoms with Crippen molar-refractivity contribution in [1.82, 2.24) is 9.47 Å². The zero-order valence-corrected chi connectivity index (χ0v) is 16.2. The second-order valence-corrected chi connectivity index (χ2v) is 7.32. The zero-order chi connectivity index (χ0) is 20.2. The smallest absolute Gasteiger partial charge is 0.269 e. The van der Waals surface area contributed by atoms with Crippen molar-refractivity contribution in [3.8, 4) is 6.07 Å². The lowest BCUT2D eigenvalue weighted by atomic mass is 10.2. The van der Waals surface area contributed by atoms with Gasteiger partial charge in [0.1, 0.15) is 22.3 Å². The summed E-state index contributed by atoms with van der Waals surface area (Å²) in [5.41, 5.74) is -0.389. The van der Waals surface area contributed by atoms with E-state index in [1.807, 2.05) is 6.07 Å². The van der Waals surface area contributed by atoms with E-state index in [9.17, 15) is 14.9 Å². The molecule has 0 aliphatic carbocycles. The Hall–Kier alpha value is -3.35. The van der Waals surface area contributed by atoms with Crippen molar-refractivity contribution in [1.29, 1.82) is 5.26 Å². The van der Waals surface area contributed by atoms with Crippen LogP contribution in [0.25, 0.3) is 11.6 Å². The molecule has 0 aromatic carbocycles. The molecule has 1 amide bonds. The molecule has 4 rings (SSSR count). The molecular formula is C20H17N3O5S. The summed E-state index contributed by atoms with van der Waals surface area (Å²) in [6, 6.07) is 8.90. The van der Waals surface area contributed by atoms with Crippen LogP contribution in [0.4, 0.5) is 0 Å². The molecule has 0 radical (unpaired) electrons. The van der Waals surface area contributed by atoms with Gasteiger partial charge >= 0.3 is 0 Å². The van der Waals surface area contributed by atoms with Gasteiger partial charge in [0.25, 0.3) is 11.5 Å². The molecule has 1 aliphatic heterocycles. The molecule has 29 heavy (non-hydrogen) atoms. The molecule has 0 bridgehead atoms. The van der Waals surface area contributed by atoms with E-state index in [1.54, 1.807) is 35.2 Å². The van der Waals surface area contributed by atoms with Gasteiger partial charge in [-0.25, -0.2) is 0 Å². The molecule has 3 aromatic heterocycles. The van der Waals surface area contributed by atoms with E-state index in [0.717, 1.165) is 11.3 Å². The number of hydrogen-bond acceptors (Lipinski definition) is 7. The second-order valence-electron chi connectivity index (χ2n) is 6.29. The lowest BCUT2D eigenvalue weighted by molar-refractivity contribution is -0.128. The van der Waals surface area contributed by atoms with Crippen LogP contribution in [-0.4, -0.2) is 41.7 Å². The third-order valence-corrected chi connectivity index (χ3v) is 5.59. The molecule has 1 fully saturated rings. The molecular weight excluding hydrogens is 394 g/mol. The van der Waals surface area contributed by atoms with E-state index >= 15 is 0 Å². The Morgan fingerprint density at radius 1 is 1.21 bits per heavy atom. The highest BCUT2D eigenvalue weighted by molar-refractivity contribution is 7.07. The van der Waals surface area contributed by atoms with Crippen LogP contribution < -0.4 is 14.8 Å². The van der Waals surface area contributed by atoms with Crippen LogP contribution in [0.3, 0.4) is 0 Å². The maximum atomic E-state index is 13.1. The molecule has 0 N–H and O–H groups in total. The molecule has 0 unspecified atom stereocenters. The summed E-state index contributed by atoms with van der Waals surface area (Å²) in [6.45, 7) is 1.77. The minimum Gasteiger partial charge on any atom is -0.467 e. The molecule has 0 atom stereocenters. The third kappa shape index (κ3) is 3.94. The second kappa shape index (κ2) is 8.34. The van der Waals surface area contributed by atoms with Gasteiger partial charge in [0.05, 0.1) is 36.8 Å². The number of hydrogen-bond donors (Lipinski definition) is 0. The van der Waals surface area contributed by atoms with E-state index in [2.05, 4.69) is 0 Å². The van der Waals surface area contributed by atoms with Crippen molar-refractivity contribution in [2.45, 2.75) is 6.54 Å². The average Bonchev–Trinajstić information content (AvgIpc) is 3.50. The molecule has 3 aromatic rings. The van der Waals surface area contributed by atoms with Crippen LogP contribution in [0.5, 0.6) is 0 Å². The molecule has 9 heteroatoms. The first-order valence-corrected chi connectivity index (χ1v) is 9.77. The van der Waals surface area contributed by atoms with E-state index in [-0.39, 0.29) is 17.7 Å². The fourth-order valence-corrected chi connectivity index (χ4v) is 4.10. The highest BCUT2D eigenvalue weighted by Gasteiger charge is 2.23. The predicted octanol–water partition coefficient (Wildman–Crippen LogP) is 0.506. The van der Waals surface area contributed by atoms with Gasteiger partial charge in [0.2, 0.25) is 0 Å². The summed E-state index contributed by atoms with van der Waals surface area (Å²) in [4.78, 5) is 27.6. The van der Waals surface area contributed by atoms with Gasteiger partial charge in [0.15, 0.2) is 5.57 Å². The topological polar surface area (TPSA) is 102 Å². The van der Waals surface area contributed by atoms with Crippen LogP contribution in [-0.2, 0) is 16.1 Å². The maximum absolute atomic E-state index is 13.1. The molecule has 1 saturated heterocycles. The molecule has 4 heterocycles. The number of thiazole rings is 1. The van der Waals surface area contributed by atoms with Crippen molar-refractivity contribution in [2.75, 3.05) is 26.3 Å². The summed E-state index contributed by atoms with van der Waals surface area (Å²) in [5.74, 6) is 0.652. The minimum atomic E-state index is -0.408. The van der Waals surface area contributed by atoms with Crippen LogP contribution in [0.1, 0.15) is 11.5 Å². The van der Waals surface area contributed by atoms with Gasteiger partial charge in [-0.2, -0.15) is 5.26 Å². The van der Waals surface area contributed by atoms with E-state index < -0.39 is 5.91 Å². The number of furan rings is 2. The number of ether oxygens (including phenoxy) is 1. The largest absolute Gasteiger partial charge is 0.467 e. The highest BCUT2D eigenvalue weighted by Crippen LogP contribution is 2.07. The molecule has 0 spiro atoms. The van der Waals surface area contributed by atoms with Gasteiger partial charge in [-0.3, -0.25) is 14.2 Å². The Bertz CT molecular complexity index is 1210. The Kier molecular flexibility index (Phi) is 5.46. The van der Waals surface area contributed by atoms with Crippen molar-refractivity contribution < 1.29 is 18.4 Å². The highest BCUT2D eigenvalue weighted by atomic mass is 32.1. The Balaban J connectivity index is 1.90. The van der Waals surface area contributed by atoms with Crippen LogP contribution in [0.2, 0.25) is 0 Å². The lowest BCUT2D eigenvalue weighted by Crippen LogP contribution is -2.43. The summed E-state index contributed by atoms with van der Waals surface area (Å²) in [7, 11) is 0. The van der Waals surface area contributed by atoms with Crippen molar-refractivity contribution in [2.24, 2.45) is 0 Å². The first kappa shape index (κ1) is 19.0.